The zero-order valence-electron chi connectivity index (χ0n) is 38.1. The van der Waals surface area contributed by atoms with Crippen LogP contribution in [-0.4, -0.2) is 30.3 Å². The third-order valence-corrected chi connectivity index (χ3v) is 11.7. The summed E-state index contributed by atoms with van der Waals surface area (Å²) in [5, 5.41) is 11.3. The van der Waals surface area contributed by atoms with E-state index in [2.05, 4.69) is 34.6 Å². The normalized spacial score (nSPS) is 11.8. The molecule has 56 heavy (non-hydrogen) atoms. The van der Waals surface area contributed by atoms with E-state index >= 15 is 0 Å². The fourth-order valence-corrected chi connectivity index (χ4v) is 8.18. The first-order valence-electron chi connectivity index (χ1n) is 24.3. The van der Waals surface area contributed by atoms with Crippen LogP contribution in [0.1, 0.15) is 257 Å². The van der Waals surface area contributed by atoms with Gasteiger partial charge in [0.15, 0.2) is 5.92 Å². The molecule has 0 bridgehead atoms. The Bertz CT molecular complexity index is 1040. The van der Waals surface area contributed by atoms with Gasteiger partial charge in [0, 0.05) is 5.56 Å². The van der Waals surface area contributed by atoms with Crippen LogP contribution in [0.25, 0.3) is 0 Å². The van der Waals surface area contributed by atoms with Gasteiger partial charge in [-0.25, -0.2) is 0 Å². The number of hydrogen-bond donors (Lipinski definition) is 1. The largest absolute Gasteiger partial charge is 0.507 e. The lowest BCUT2D eigenvalue weighted by atomic mass is 9.81. The lowest BCUT2D eigenvalue weighted by molar-refractivity contribution is -0.162. The Balaban J connectivity index is 2.38. The fraction of sp³-hybridized carbons (Fsp3) is 0.843. The maximum absolute atomic E-state index is 13.4. The van der Waals surface area contributed by atoms with Crippen LogP contribution in [-0.2, 0) is 30.9 Å². The monoisotopic (exact) mass is 785 g/mol. The average Bonchev–Trinajstić information content (AvgIpc) is 3.16. The highest BCUT2D eigenvalue weighted by Gasteiger charge is 2.32. The summed E-state index contributed by atoms with van der Waals surface area (Å²) in [6, 6.07) is 3.80. The molecule has 0 spiro atoms. The van der Waals surface area contributed by atoms with Crippen molar-refractivity contribution in [1.29, 1.82) is 0 Å². The highest BCUT2D eigenvalue weighted by Crippen LogP contribution is 2.37. The predicted molar refractivity (Wildman–Crippen MR) is 240 cm³/mol. The van der Waals surface area contributed by atoms with Gasteiger partial charge in [-0.15, -0.1) is 0 Å². The molecule has 1 aromatic carbocycles. The van der Waals surface area contributed by atoms with Gasteiger partial charge in [0.2, 0.25) is 0 Å². The summed E-state index contributed by atoms with van der Waals surface area (Å²) in [5.41, 5.74) is 2.15. The summed E-state index contributed by atoms with van der Waals surface area (Å²) in [6.07, 6.45) is 41.3. The molecule has 0 atom stereocenters. The van der Waals surface area contributed by atoms with Gasteiger partial charge in [-0.3, -0.25) is 9.59 Å². The quantitative estimate of drug-likeness (QED) is 0.0411. The van der Waals surface area contributed by atoms with Crippen LogP contribution in [0.15, 0.2) is 12.1 Å². The van der Waals surface area contributed by atoms with Crippen LogP contribution in [0.4, 0.5) is 0 Å². The Labute approximate surface area is 347 Å². The minimum absolute atomic E-state index is 0.0742. The Morgan fingerprint density at radius 2 is 0.786 bits per heavy atom. The summed E-state index contributed by atoms with van der Waals surface area (Å²) < 4.78 is 11.4. The molecular formula is C51H92O5. The molecule has 0 aromatic heterocycles. The van der Waals surface area contributed by atoms with E-state index in [9.17, 15) is 14.7 Å². The van der Waals surface area contributed by atoms with Crippen molar-refractivity contribution in [3.8, 4) is 5.75 Å². The van der Waals surface area contributed by atoms with Crippen molar-refractivity contribution in [3.05, 3.63) is 28.8 Å². The average molecular weight is 785 g/mol. The van der Waals surface area contributed by atoms with E-state index in [1.807, 2.05) is 19.1 Å². The number of aryl methyl sites for hydroxylation is 1. The molecule has 5 heteroatoms. The molecule has 0 amide bonds. The van der Waals surface area contributed by atoms with Crippen molar-refractivity contribution < 1.29 is 24.2 Å². The van der Waals surface area contributed by atoms with Gasteiger partial charge in [-0.2, -0.15) is 0 Å². The topological polar surface area (TPSA) is 72.8 Å². The van der Waals surface area contributed by atoms with Gasteiger partial charge in [-0.05, 0) is 42.7 Å². The van der Waals surface area contributed by atoms with Crippen LogP contribution in [0.2, 0.25) is 0 Å². The van der Waals surface area contributed by atoms with Crippen LogP contribution in [0.5, 0.6) is 5.75 Å². The molecule has 0 aliphatic heterocycles. The number of unbranched alkanes of at least 4 members (excludes halogenated alkanes) is 30. The third-order valence-electron chi connectivity index (χ3n) is 11.7. The van der Waals surface area contributed by atoms with E-state index in [0.717, 1.165) is 49.7 Å². The zero-order valence-corrected chi connectivity index (χ0v) is 38.1. The van der Waals surface area contributed by atoms with Crippen molar-refractivity contribution in [2.24, 2.45) is 5.92 Å². The molecule has 0 aliphatic rings. The summed E-state index contributed by atoms with van der Waals surface area (Å²) in [4.78, 5) is 26.8. The van der Waals surface area contributed by atoms with Gasteiger partial charge in [0.05, 0.1) is 13.2 Å². The van der Waals surface area contributed by atoms with Crippen molar-refractivity contribution >= 4 is 11.9 Å². The number of phenolic OH excluding ortho intramolecular Hbond substituents is 1. The maximum Gasteiger partial charge on any atom is 0.320 e. The summed E-state index contributed by atoms with van der Waals surface area (Å²) in [7, 11) is 0. The van der Waals surface area contributed by atoms with Crippen molar-refractivity contribution in [2.75, 3.05) is 13.2 Å². The second-order valence-electron chi connectivity index (χ2n) is 18.2. The highest BCUT2D eigenvalue weighted by molar-refractivity contribution is 5.95. The number of carbonyl (C=O) groups is 2. The first-order valence-corrected chi connectivity index (χ1v) is 24.3. The van der Waals surface area contributed by atoms with E-state index in [-0.39, 0.29) is 17.6 Å². The molecule has 1 aromatic rings. The molecule has 0 radical (unpaired) electrons. The minimum atomic E-state index is -1.08. The van der Waals surface area contributed by atoms with E-state index in [0.29, 0.717) is 18.8 Å². The van der Waals surface area contributed by atoms with Gasteiger partial charge in [-0.1, -0.05) is 239 Å². The molecule has 0 aliphatic carbocycles. The molecule has 0 unspecified atom stereocenters. The fourth-order valence-electron chi connectivity index (χ4n) is 8.18. The molecule has 1 rings (SSSR count). The van der Waals surface area contributed by atoms with Crippen molar-refractivity contribution in [3.63, 3.8) is 0 Å². The molecule has 0 heterocycles. The predicted octanol–water partition coefficient (Wildman–Crippen LogP) is 15.8. The van der Waals surface area contributed by atoms with E-state index in [1.165, 1.54) is 167 Å². The lowest BCUT2D eigenvalue weighted by Gasteiger charge is -2.25. The first-order chi connectivity index (χ1) is 27.1. The number of hydrogen-bond acceptors (Lipinski definition) is 5. The minimum Gasteiger partial charge on any atom is -0.507 e. The second kappa shape index (κ2) is 35.0. The SMILES string of the molecule is CCCCCCCCCCCCCCCCCCOC(=O)C(Cc1ccc(C)c(C(C)(C)C)c1O)C(=O)OCCCCCCCCCCCCCCCCCC. The van der Waals surface area contributed by atoms with Crippen molar-refractivity contribution in [2.45, 2.75) is 259 Å². The third kappa shape index (κ3) is 26.8. The molecule has 0 saturated carbocycles. The number of esters is 2. The Morgan fingerprint density at radius 1 is 0.500 bits per heavy atom. The smallest absolute Gasteiger partial charge is 0.320 e. The van der Waals surface area contributed by atoms with Crippen LogP contribution >= 0.6 is 0 Å². The van der Waals surface area contributed by atoms with Crippen molar-refractivity contribution in [1.82, 2.24) is 0 Å². The molecule has 5 nitrogen and oxygen atoms in total. The van der Waals surface area contributed by atoms with E-state index in [1.54, 1.807) is 0 Å². The highest BCUT2D eigenvalue weighted by atomic mass is 16.6. The van der Waals surface area contributed by atoms with Gasteiger partial charge in [0.1, 0.15) is 5.75 Å². The number of rotatable bonds is 38. The molecular weight excluding hydrogens is 693 g/mol. The molecule has 1 N–H and O–H groups in total. The summed E-state index contributed by atoms with van der Waals surface area (Å²) >= 11 is 0. The van der Waals surface area contributed by atoms with Crippen LogP contribution in [0, 0.1) is 12.8 Å². The standard InChI is InChI=1S/C51H92O5/c1-7-9-11-13-15-17-19-21-23-25-27-29-31-33-35-37-41-55-49(53)46(43-45-40-39-44(3)47(48(45)52)51(4,5)6)50(54)56-42-38-36-34-32-30-28-26-24-22-20-18-16-14-12-10-8-2/h39-40,46,52H,7-38,41-43H2,1-6H3. The number of benzene rings is 1. The molecule has 0 saturated heterocycles. The van der Waals surface area contributed by atoms with E-state index < -0.39 is 17.9 Å². The zero-order chi connectivity index (χ0) is 41.1. The van der Waals surface area contributed by atoms with Crippen LogP contribution < -0.4 is 0 Å². The molecule has 0 fully saturated rings. The summed E-state index contributed by atoms with van der Waals surface area (Å²) in [6.45, 7) is 13.4. The number of ether oxygens (including phenoxy) is 2. The number of aromatic hydroxyl groups is 1. The Kier molecular flexibility index (Phi) is 32.4. The number of phenols is 1. The first kappa shape index (κ1) is 52.0. The lowest BCUT2D eigenvalue weighted by Crippen LogP contribution is -2.30. The van der Waals surface area contributed by atoms with Gasteiger partial charge in [0.25, 0.3) is 0 Å². The van der Waals surface area contributed by atoms with Crippen LogP contribution in [0.3, 0.4) is 0 Å². The maximum atomic E-state index is 13.4. The van der Waals surface area contributed by atoms with Gasteiger partial charge >= 0.3 is 11.9 Å². The van der Waals surface area contributed by atoms with Gasteiger partial charge < -0.3 is 14.6 Å². The second-order valence-corrected chi connectivity index (χ2v) is 18.2. The Hall–Kier alpha value is -2.04. The number of carbonyl (C=O) groups excluding carboxylic acids is 2. The van der Waals surface area contributed by atoms with E-state index in [4.69, 9.17) is 9.47 Å². The summed E-state index contributed by atoms with van der Waals surface area (Å²) in [5.74, 6) is -2.00. The molecule has 326 valence electrons. The Morgan fingerprint density at radius 3 is 1.07 bits per heavy atom.